The van der Waals surface area contributed by atoms with Crippen LogP contribution in [0.15, 0.2) is 18.3 Å². The monoisotopic (exact) mass is 218 g/mol. The van der Waals surface area contributed by atoms with Gasteiger partial charge in [0.05, 0.1) is 5.56 Å². The van der Waals surface area contributed by atoms with Gasteiger partial charge in [-0.1, -0.05) is 19.8 Å². The van der Waals surface area contributed by atoms with Crippen LogP contribution in [0.25, 0.3) is 0 Å². The summed E-state index contributed by atoms with van der Waals surface area (Å²) >= 11 is 0. The van der Waals surface area contributed by atoms with E-state index in [0.29, 0.717) is 17.9 Å². The summed E-state index contributed by atoms with van der Waals surface area (Å²) in [5.41, 5.74) is 6.25. The van der Waals surface area contributed by atoms with Crippen molar-refractivity contribution in [2.75, 3.05) is 11.9 Å². The first-order valence-electron chi connectivity index (χ1n) is 5.63. The van der Waals surface area contributed by atoms with Gasteiger partial charge in [-0.25, -0.2) is 4.98 Å². The van der Waals surface area contributed by atoms with Crippen molar-refractivity contribution >= 4 is 5.82 Å². The van der Waals surface area contributed by atoms with Gasteiger partial charge in [-0.3, -0.25) is 0 Å². The maximum absolute atomic E-state index is 8.92. The summed E-state index contributed by atoms with van der Waals surface area (Å²) in [6.45, 7) is 2.70. The lowest BCUT2D eigenvalue weighted by molar-refractivity contribution is 0.612. The molecule has 3 N–H and O–H groups in total. The molecular formula is C12H18N4. The molecule has 4 heteroatoms. The van der Waals surface area contributed by atoms with E-state index in [9.17, 15) is 0 Å². The molecule has 1 aromatic rings. The molecule has 0 aliphatic heterocycles. The number of pyridine rings is 1. The molecule has 0 aliphatic carbocycles. The Morgan fingerprint density at radius 2 is 2.44 bits per heavy atom. The molecule has 16 heavy (non-hydrogen) atoms. The van der Waals surface area contributed by atoms with Crippen molar-refractivity contribution in [3.8, 4) is 6.07 Å². The van der Waals surface area contributed by atoms with Crippen LogP contribution in [0.5, 0.6) is 0 Å². The molecule has 0 radical (unpaired) electrons. The minimum Gasteiger partial charge on any atom is -0.365 e. The average molecular weight is 218 g/mol. The van der Waals surface area contributed by atoms with Crippen LogP contribution in [0.4, 0.5) is 5.82 Å². The first-order chi connectivity index (χ1) is 7.81. The van der Waals surface area contributed by atoms with Gasteiger partial charge in [-0.2, -0.15) is 5.26 Å². The molecule has 4 nitrogen and oxygen atoms in total. The topological polar surface area (TPSA) is 74.7 Å². The van der Waals surface area contributed by atoms with Crippen molar-refractivity contribution in [1.82, 2.24) is 4.98 Å². The molecule has 0 saturated heterocycles. The van der Waals surface area contributed by atoms with E-state index in [-0.39, 0.29) is 6.04 Å². The van der Waals surface area contributed by atoms with Crippen LogP contribution in [-0.2, 0) is 0 Å². The van der Waals surface area contributed by atoms with Crippen molar-refractivity contribution in [3.63, 3.8) is 0 Å². The number of unbranched alkanes of at least 4 members (excludes halogenated alkanes) is 1. The Labute approximate surface area is 96.5 Å². The molecule has 1 aromatic heterocycles. The number of nitrogens with two attached hydrogens (primary N) is 1. The number of aromatic nitrogens is 1. The van der Waals surface area contributed by atoms with Crippen LogP contribution in [-0.4, -0.2) is 17.6 Å². The maximum Gasteiger partial charge on any atom is 0.144 e. The van der Waals surface area contributed by atoms with Crippen LogP contribution in [0.3, 0.4) is 0 Å². The van der Waals surface area contributed by atoms with E-state index in [1.807, 2.05) is 0 Å². The summed E-state index contributed by atoms with van der Waals surface area (Å²) in [6.07, 6.45) is 4.96. The highest BCUT2D eigenvalue weighted by Crippen LogP contribution is 2.13. The Bertz CT molecular complexity index is 356. The fourth-order valence-electron chi connectivity index (χ4n) is 1.50. The Balaban J connectivity index is 2.66. The van der Waals surface area contributed by atoms with Crippen LogP contribution < -0.4 is 11.1 Å². The summed E-state index contributed by atoms with van der Waals surface area (Å²) in [4.78, 5) is 4.16. The van der Waals surface area contributed by atoms with Crippen LogP contribution >= 0.6 is 0 Å². The molecule has 86 valence electrons. The molecular weight excluding hydrogens is 200 g/mol. The molecule has 0 aromatic carbocycles. The number of hydrogen-bond acceptors (Lipinski definition) is 4. The number of hydrogen-bond donors (Lipinski definition) is 2. The van der Waals surface area contributed by atoms with Gasteiger partial charge < -0.3 is 11.1 Å². The lowest BCUT2D eigenvalue weighted by Crippen LogP contribution is -2.29. The van der Waals surface area contributed by atoms with E-state index in [4.69, 9.17) is 11.0 Å². The molecule has 0 bridgehead atoms. The number of anilines is 1. The first-order valence-corrected chi connectivity index (χ1v) is 5.63. The van der Waals surface area contributed by atoms with Crippen molar-refractivity contribution in [2.45, 2.75) is 32.2 Å². The second kappa shape index (κ2) is 6.81. The third kappa shape index (κ3) is 3.52. The van der Waals surface area contributed by atoms with Gasteiger partial charge in [0.1, 0.15) is 11.9 Å². The summed E-state index contributed by atoms with van der Waals surface area (Å²) in [6, 6.07) is 5.82. The van der Waals surface area contributed by atoms with Crippen molar-refractivity contribution in [3.05, 3.63) is 23.9 Å². The van der Waals surface area contributed by atoms with E-state index in [1.165, 1.54) is 0 Å². The predicted molar refractivity (Wildman–Crippen MR) is 64.9 cm³/mol. The van der Waals surface area contributed by atoms with Gasteiger partial charge in [-0.15, -0.1) is 0 Å². The van der Waals surface area contributed by atoms with E-state index in [0.717, 1.165) is 19.3 Å². The van der Waals surface area contributed by atoms with Crippen LogP contribution in [0.2, 0.25) is 0 Å². The molecule has 1 rings (SSSR count). The minimum atomic E-state index is 0.196. The van der Waals surface area contributed by atoms with Crippen molar-refractivity contribution in [2.24, 2.45) is 5.73 Å². The number of nitrogens with one attached hydrogen (secondary N) is 1. The Morgan fingerprint density at radius 1 is 1.62 bits per heavy atom. The molecule has 0 aliphatic rings. The van der Waals surface area contributed by atoms with Gasteiger partial charge in [0, 0.05) is 18.8 Å². The highest BCUT2D eigenvalue weighted by Gasteiger charge is 2.09. The lowest BCUT2D eigenvalue weighted by Gasteiger charge is -2.17. The average Bonchev–Trinajstić information content (AvgIpc) is 2.34. The molecule has 0 spiro atoms. The molecule has 1 unspecified atom stereocenters. The molecule has 0 fully saturated rings. The normalized spacial score (nSPS) is 11.8. The zero-order chi connectivity index (χ0) is 11.8. The highest BCUT2D eigenvalue weighted by atomic mass is 15.0. The Morgan fingerprint density at radius 3 is 3.06 bits per heavy atom. The first kappa shape index (κ1) is 12.5. The van der Waals surface area contributed by atoms with E-state index in [1.54, 1.807) is 18.3 Å². The largest absolute Gasteiger partial charge is 0.365 e. The molecule has 1 atom stereocenters. The highest BCUT2D eigenvalue weighted by molar-refractivity contribution is 5.51. The van der Waals surface area contributed by atoms with Crippen LogP contribution in [0, 0.1) is 11.3 Å². The van der Waals surface area contributed by atoms with E-state index < -0.39 is 0 Å². The molecule has 1 heterocycles. The molecule has 0 amide bonds. The van der Waals surface area contributed by atoms with E-state index >= 15 is 0 Å². The van der Waals surface area contributed by atoms with Crippen molar-refractivity contribution in [1.29, 1.82) is 5.26 Å². The second-order valence-electron chi connectivity index (χ2n) is 3.73. The predicted octanol–water partition coefficient (Wildman–Crippen LogP) is 1.88. The summed E-state index contributed by atoms with van der Waals surface area (Å²) < 4.78 is 0. The summed E-state index contributed by atoms with van der Waals surface area (Å²) in [5.74, 6) is 0.636. The number of nitrogens with zero attached hydrogens (tertiary/aromatic N) is 2. The summed E-state index contributed by atoms with van der Waals surface area (Å²) in [5, 5.41) is 12.1. The minimum absolute atomic E-state index is 0.196. The molecule has 0 saturated carbocycles. The standard InChI is InChI=1S/C12H18N4/c1-2-3-6-11(9-14)16-12-10(8-13)5-4-7-15-12/h4-5,7,11H,2-3,6,9,14H2,1H3,(H,15,16). The van der Waals surface area contributed by atoms with Gasteiger partial charge in [0.2, 0.25) is 0 Å². The Hall–Kier alpha value is -1.60. The van der Waals surface area contributed by atoms with Gasteiger partial charge >= 0.3 is 0 Å². The fourth-order valence-corrected chi connectivity index (χ4v) is 1.50. The third-order valence-corrected chi connectivity index (χ3v) is 2.46. The zero-order valence-electron chi connectivity index (χ0n) is 9.61. The number of rotatable bonds is 6. The van der Waals surface area contributed by atoms with Crippen molar-refractivity contribution < 1.29 is 0 Å². The van der Waals surface area contributed by atoms with Gasteiger partial charge in [-0.05, 0) is 18.6 Å². The zero-order valence-corrected chi connectivity index (χ0v) is 9.61. The van der Waals surface area contributed by atoms with Gasteiger partial charge in [0.25, 0.3) is 0 Å². The Kier molecular flexibility index (Phi) is 5.30. The smallest absolute Gasteiger partial charge is 0.144 e. The maximum atomic E-state index is 8.92. The van der Waals surface area contributed by atoms with Gasteiger partial charge in [0.15, 0.2) is 0 Å². The SMILES string of the molecule is CCCCC(CN)Nc1ncccc1C#N. The number of nitriles is 1. The fraction of sp³-hybridized carbons (Fsp3) is 0.500. The summed E-state index contributed by atoms with van der Waals surface area (Å²) in [7, 11) is 0. The second-order valence-corrected chi connectivity index (χ2v) is 3.73. The quantitative estimate of drug-likeness (QED) is 0.764. The lowest BCUT2D eigenvalue weighted by atomic mass is 10.1. The third-order valence-electron chi connectivity index (χ3n) is 2.46. The van der Waals surface area contributed by atoms with E-state index in [2.05, 4.69) is 23.3 Å². The van der Waals surface area contributed by atoms with Crippen LogP contribution in [0.1, 0.15) is 31.7 Å².